The van der Waals surface area contributed by atoms with E-state index in [2.05, 4.69) is 0 Å². The monoisotopic (exact) mass is 415 g/mol. The highest BCUT2D eigenvalue weighted by molar-refractivity contribution is 14.1. The molecule has 0 aliphatic rings. The molecule has 0 radical (unpaired) electrons. The van der Waals surface area contributed by atoms with Gasteiger partial charge in [0.25, 0.3) is 0 Å². The molecule has 1 amide bonds. The third-order valence-electron chi connectivity index (χ3n) is 2.14. The highest BCUT2D eigenvalue weighted by atomic mass is 127. The largest absolute Gasteiger partial charge is 0.460 e. The van der Waals surface area contributed by atoms with E-state index < -0.39 is 23.9 Å². The van der Waals surface area contributed by atoms with Gasteiger partial charge in [-0.2, -0.15) is 30.7 Å². The second kappa shape index (κ2) is 5.37. The average Bonchev–Trinajstić information content (AvgIpc) is 2.30. The standard InChI is InChI=1S/C10H5F7INO/c11-8(12,9(13,14)10(15,16)17)7(20)19-6-3-1-5(18)2-4-6/h1-4H,(H,19,20). The SMILES string of the molecule is O=C(Nc1ccc(I)cc1)C(F)(F)C(F)(F)C(F)(F)F. The van der Waals surface area contributed by atoms with Crippen LogP contribution in [0.15, 0.2) is 24.3 Å². The first-order chi connectivity index (χ1) is 8.89. The number of carbonyl (C=O) groups is 1. The highest BCUT2D eigenvalue weighted by Gasteiger charge is 2.76. The van der Waals surface area contributed by atoms with Crippen LogP contribution >= 0.6 is 22.6 Å². The fourth-order valence-electron chi connectivity index (χ4n) is 1.06. The van der Waals surface area contributed by atoms with Crippen molar-refractivity contribution in [3.8, 4) is 0 Å². The van der Waals surface area contributed by atoms with E-state index in [1.165, 1.54) is 17.4 Å². The average molecular weight is 415 g/mol. The third kappa shape index (κ3) is 3.15. The van der Waals surface area contributed by atoms with E-state index in [9.17, 15) is 35.5 Å². The van der Waals surface area contributed by atoms with Crippen molar-refractivity contribution in [3.05, 3.63) is 27.8 Å². The summed E-state index contributed by atoms with van der Waals surface area (Å²) in [6, 6.07) is 4.86. The molecule has 0 aromatic heterocycles. The van der Waals surface area contributed by atoms with Gasteiger partial charge in [-0.3, -0.25) is 4.79 Å². The van der Waals surface area contributed by atoms with Crippen molar-refractivity contribution >= 4 is 34.2 Å². The van der Waals surface area contributed by atoms with Gasteiger partial charge in [0, 0.05) is 9.26 Å². The molecule has 0 bridgehead atoms. The Balaban J connectivity index is 2.98. The number of amides is 1. The Morgan fingerprint density at radius 3 is 1.80 bits per heavy atom. The summed E-state index contributed by atoms with van der Waals surface area (Å²) in [7, 11) is 0. The molecule has 0 aliphatic heterocycles. The predicted molar refractivity (Wildman–Crippen MR) is 63.7 cm³/mol. The van der Waals surface area contributed by atoms with Crippen molar-refractivity contribution in [2.45, 2.75) is 18.0 Å². The van der Waals surface area contributed by atoms with Gasteiger partial charge in [0.05, 0.1) is 0 Å². The molecule has 0 fully saturated rings. The molecule has 0 saturated heterocycles. The Kier molecular flexibility index (Phi) is 4.56. The number of rotatable bonds is 3. The Labute approximate surface area is 121 Å². The predicted octanol–water partition coefficient (Wildman–Crippen LogP) is 4.06. The molecule has 0 saturated carbocycles. The number of carbonyl (C=O) groups excluding carboxylic acids is 1. The fraction of sp³-hybridized carbons (Fsp3) is 0.300. The number of benzene rings is 1. The van der Waals surface area contributed by atoms with Crippen molar-refractivity contribution in [2.24, 2.45) is 0 Å². The summed E-state index contributed by atoms with van der Waals surface area (Å²) >= 11 is 1.84. The Morgan fingerprint density at radius 2 is 1.40 bits per heavy atom. The van der Waals surface area contributed by atoms with Gasteiger partial charge in [0.15, 0.2) is 0 Å². The van der Waals surface area contributed by atoms with Crippen LogP contribution in [0.25, 0.3) is 0 Å². The maximum absolute atomic E-state index is 13.0. The Hall–Kier alpha value is -1.07. The number of halogens is 8. The van der Waals surface area contributed by atoms with Crippen LogP contribution in [-0.2, 0) is 4.79 Å². The first-order valence-corrected chi connectivity index (χ1v) is 5.87. The van der Waals surface area contributed by atoms with E-state index in [1.54, 1.807) is 0 Å². The van der Waals surface area contributed by atoms with Crippen LogP contribution in [0.1, 0.15) is 0 Å². The number of alkyl halides is 7. The first-order valence-electron chi connectivity index (χ1n) is 4.79. The lowest BCUT2D eigenvalue weighted by Crippen LogP contribution is -2.57. The molecule has 1 rings (SSSR count). The third-order valence-corrected chi connectivity index (χ3v) is 2.86. The van der Waals surface area contributed by atoms with E-state index in [0.717, 1.165) is 12.1 Å². The van der Waals surface area contributed by atoms with Crippen LogP contribution in [0.2, 0.25) is 0 Å². The number of anilines is 1. The van der Waals surface area contributed by atoms with Gasteiger partial charge in [-0.05, 0) is 46.9 Å². The Morgan fingerprint density at radius 1 is 0.950 bits per heavy atom. The van der Waals surface area contributed by atoms with Crippen LogP contribution in [0.4, 0.5) is 36.4 Å². The number of nitrogens with one attached hydrogen (secondary N) is 1. The number of hydrogen-bond acceptors (Lipinski definition) is 1. The van der Waals surface area contributed by atoms with Gasteiger partial charge in [-0.1, -0.05) is 0 Å². The van der Waals surface area contributed by atoms with Crippen molar-refractivity contribution < 1.29 is 35.5 Å². The molecule has 10 heteroatoms. The molecule has 2 nitrogen and oxygen atoms in total. The smallest absolute Gasteiger partial charge is 0.321 e. The van der Waals surface area contributed by atoms with Crippen LogP contribution in [-0.4, -0.2) is 23.9 Å². The van der Waals surface area contributed by atoms with Gasteiger partial charge in [-0.25, -0.2) is 0 Å². The minimum absolute atomic E-state index is 0.326. The summed E-state index contributed by atoms with van der Waals surface area (Å²) in [6.45, 7) is 0. The molecule has 0 aliphatic carbocycles. The van der Waals surface area contributed by atoms with E-state index >= 15 is 0 Å². The van der Waals surface area contributed by atoms with E-state index in [0.29, 0.717) is 3.57 Å². The molecular weight excluding hydrogens is 410 g/mol. The van der Waals surface area contributed by atoms with E-state index in [-0.39, 0.29) is 5.69 Å². The lowest BCUT2D eigenvalue weighted by Gasteiger charge is -2.27. The lowest BCUT2D eigenvalue weighted by molar-refractivity contribution is -0.343. The summed E-state index contributed by atoms with van der Waals surface area (Å²) in [5.74, 6) is -15.1. The van der Waals surface area contributed by atoms with Gasteiger partial charge < -0.3 is 5.32 Å². The maximum atomic E-state index is 13.0. The molecule has 1 aromatic carbocycles. The molecule has 1 N–H and O–H groups in total. The van der Waals surface area contributed by atoms with E-state index in [1.807, 2.05) is 22.6 Å². The molecule has 0 atom stereocenters. The van der Waals surface area contributed by atoms with Crippen molar-refractivity contribution in [2.75, 3.05) is 5.32 Å². The molecule has 1 aromatic rings. The second-order valence-electron chi connectivity index (χ2n) is 3.61. The van der Waals surface area contributed by atoms with Gasteiger partial charge in [0.1, 0.15) is 0 Å². The highest BCUT2D eigenvalue weighted by Crippen LogP contribution is 2.46. The molecule has 0 spiro atoms. The molecular formula is C10H5F7INO. The maximum Gasteiger partial charge on any atom is 0.460 e. The zero-order chi connectivity index (χ0) is 15.8. The number of hydrogen-bond donors (Lipinski definition) is 1. The molecule has 20 heavy (non-hydrogen) atoms. The van der Waals surface area contributed by atoms with Crippen molar-refractivity contribution in [1.82, 2.24) is 0 Å². The zero-order valence-electron chi connectivity index (χ0n) is 9.24. The van der Waals surface area contributed by atoms with Crippen molar-refractivity contribution in [3.63, 3.8) is 0 Å². The van der Waals surface area contributed by atoms with Crippen LogP contribution in [0.5, 0.6) is 0 Å². The minimum Gasteiger partial charge on any atom is -0.321 e. The minimum atomic E-state index is -6.54. The lowest BCUT2D eigenvalue weighted by atomic mass is 10.1. The van der Waals surface area contributed by atoms with Gasteiger partial charge in [0.2, 0.25) is 0 Å². The normalized spacial score (nSPS) is 13.2. The van der Waals surface area contributed by atoms with Gasteiger partial charge in [-0.15, -0.1) is 0 Å². The molecule has 0 unspecified atom stereocenters. The summed E-state index contributed by atoms with van der Waals surface area (Å²) in [5, 5.41) is 1.32. The van der Waals surface area contributed by atoms with Crippen molar-refractivity contribution in [1.29, 1.82) is 0 Å². The van der Waals surface area contributed by atoms with Crippen LogP contribution in [0.3, 0.4) is 0 Å². The van der Waals surface area contributed by atoms with Crippen LogP contribution < -0.4 is 5.32 Å². The topological polar surface area (TPSA) is 29.1 Å². The molecule has 0 heterocycles. The summed E-state index contributed by atoms with van der Waals surface area (Å²) in [4.78, 5) is 11.0. The summed E-state index contributed by atoms with van der Waals surface area (Å²) in [5.41, 5.74) is -0.326. The summed E-state index contributed by atoms with van der Waals surface area (Å²) in [6.07, 6.45) is -6.54. The molecule has 112 valence electrons. The summed E-state index contributed by atoms with van der Waals surface area (Å²) < 4.78 is 87.4. The van der Waals surface area contributed by atoms with Crippen LogP contribution in [0, 0.1) is 3.57 Å². The first kappa shape index (κ1) is 17.0. The Bertz CT molecular complexity index is 497. The second-order valence-corrected chi connectivity index (χ2v) is 4.85. The van der Waals surface area contributed by atoms with Gasteiger partial charge >= 0.3 is 23.9 Å². The quantitative estimate of drug-likeness (QED) is 0.586. The fourth-order valence-corrected chi connectivity index (χ4v) is 1.42. The zero-order valence-corrected chi connectivity index (χ0v) is 11.4. The van der Waals surface area contributed by atoms with E-state index in [4.69, 9.17) is 0 Å².